The van der Waals surface area contributed by atoms with Crippen LogP contribution in [0.4, 0.5) is 0 Å². The summed E-state index contributed by atoms with van der Waals surface area (Å²) in [6.07, 6.45) is 3.33. The highest BCUT2D eigenvalue weighted by Crippen LogP contribution is 2.25. The summed E-state index contributed by atoms with van der Waals surface area (Å²) in [5, 5.41) is 3.72. The quantitative estimate of drug-likeness (QED) is 0.541. The van der Waals surface area contributed by atoms with E-state index in [1.165, 1.54) is 7.11 Å². The van der Waals surface area contributed by atoms with Gasteiger partial charge in [0.05, 0.1) is 29.9 Å². The molecular weight excluding hydrogens is 306 g/mol. The van der Waals surface area contributed by atoms with Gasteiger partial charge in [0, 0.05) is 17.3 Å². The highest BCUT2D eigenvalue weighted by molar-refractivity contribution is 5.90. The van der Waals surface area contributed by atoms with Crippen molar-refractivity contribution in [3.8, 4) is 17.0 Å². The first-order valence-electron chi connectivity index (χ1n) is 7.33. The molecule has 0 saturated carbocycles. The number of imidazole rings is 1. The minimum absolute atomic E-state index is 0.367. The van der Waals surface area contributed by atoms with Crippen LogP contribution in [0.1, 0.15) is 10.4 Å². The fourth-order valence-electron chi connectivity index (χ4n) is 2.64. The fraction of sp³-hybridized carbons (Fsp3) is 0.0556. The van der Waals surface area contributed by atoms with Gasteiger partial charge in [-0.25, -0.2) is 9.78 Å². The van der Waals surface area contributed by atoms with Crippen molar-refractivity contribution in [1.82, 2.24) is 14.7 Å². The third kappa shape index (κ3) is 2.34. The van der Waals surface area contributed by atoms with Crippen molar-refractivity contribution in [3.05, 3.63) is 66.6 Å². The van der Waals surface area contributed by atoms with Crippen molar-refractivity contribution in [3.63, 3.8) is 0 Å². The first-order valence-corrected chi connectivity index (χ1v) is 7.33. The van der Waals surface area contributed by atoms with Crippen LogP contribution in [-0.4, -0.2) is 27.8 Å². The number of benzene rings is 2. The van der Waals surface area contributed by atoms with Crippen molar-refractivity contribution < 1.29 is 14.1 Å². The molecule has 6 nitrogen and oxygen atoms in total. The lowest BCUT2D eigenvalue weighted by atomic mass is 10.1. The van der Waals surface area contributed by atoms with Crippen LogP contribution in [0.5, 0.6) is 0 Å². The van der Waals surface area contributed by atoms with Gasteiger partial charge in [-0.15, -0.1) is 0 Å². The lowest BCUT2D eigenvalue weighted by molar-refractivity contribution is 0.0600. The smallest absolute Gasteiger partial charge is 0.337 e. The Hall–Kier alpha value is -3.41. The zero-order chi connectivity index (χ0) is 16.5. The molecule has 0 saturated heterocycles. The topological polar surface area (TPSA) is 70.2 Å². The number of nitrogens with zero attached hydrogens (tertiary/aromatic N) is 3. The van der Waals surface area contributed by atoms with Crippen molar-refractivity contribution in [2.75, 3.05) is 7.11 Å². The van der Waals surface area contributed by atoms with Crippen molar-refractivity contribution in [2.24, 2.45) is 0 Å². The molecule has 0 bridgehead atoms. The van der Waals surface area contributed by atoms with Gasteiger partial charge in [-0.05, 0) is 36.4 Å². The number of aromatic nitrogens is 3. The molecule has 0 aliphatic carbocycles. The molecule has 118 valence electrons. The lowest BCUT2D eigenvalue weighted by Crippen LogP contribution is -2.02. The monoisotopic (exact) mass is 319 g/mol. The Kier molecular flexibility index (Phi) is 3.35. The zero-order valence-corrected chi connectivity index (χ0v) is 12.8. The molecule has 0 unspecified atom stereocenters. The van der Waals surface area contributed by atoms with E-state index in [1.807, 2.05) is 34.9 Å². The molecule has 0 N–H and O–H groups in total. The van der Waals surface area contributed by atoms with Crippen LogP contribution in [0.25, 0.3) is 28.0 Å². The molecule has 2 aromatic carbocycles. The van der Waals surface area contributed by atoms with E-state index < -0.39 is 0 Å². The van der Waals surface area contributed by atoms with E-state index >= 15 is 0 Å². The molecule has 4 rings (SSSR count). The van der Waals surface area contributed by atoms with Crippen LogP contribution in [0.15, 0.2) is 65.6 Å². The third-order valence-corrected chi connectivity index (χ3v) is 3.82. The summed E-state index contributed by atoms with van der Waals surface area (Å²) in [7, 11) is 1.37. The summed E-state index contributed by atoms with van der Waals surface area (Å²) >= 11 is 0. The number of carbonyl (C=O) groups excluding carboxylic acids is 1. The number of esters is 1. The molecule has 6 heteroatoms. The second-order valence-corrected chi connectivity index (χ2v) is 5.24. The molecule has 0 amide bonds. The zero-order valence-electron chi connectivity index (χ0n) is 12.8. The fourth-order valence-corrected chi connectivity index (χ4v) is 2.64. The maximum atomic E-state index is 11.7. The minimum atomic E-state index is -0.367. The van der Waals surface area contributed by atoms with Gasteiger partial charge in [0.15, 0.2) is 5.76 Å². The molecule has 0 spiro atoms. The van der Waals surface area contributed by atoms with Gasteiger partial charge in [0.25, 0.3) is 0 Å². The molecule has 2 heterocycles. The molecule has 0 aliphatic rings. The average Bonchev–Trinajstić information content (AvgIpc) is 3.30. The second-order valence-electron chi connectivity index (χ2n) is 5.24. The van der Waals surface area contributed by atoms with Crippen molar-refractivity contribution in [1.29, 1.82) is 0 Å². The maximum Gasteiger partial charge on any atom is 0.337 e. The predicted molar refractivity (Wildman–Crippen MR) is 87.9 cm³/mol. The van der Waals surface area contributed by atoms with Gasteiger partial charge in [0.1, 0.15) is 6.33 Å². The molecular formula is C18H13N3O3. The number of methoxy groups -OCH3 is 1. The van der Waals surface area contributed by atoms with Crippen LogP contribution in [0.2, 0.25) is 0 Å². The Morgan fingerprint density at radius 3 is 2.88 bits per heavy atom. The first kappa shape index (κ1) is 14.2. The summed E-state index contributed by atoms with van der Waals surface area (Å²) in [5.74, 6) is 0.327. The standard InChI is InChI=1S/C18H13N3O3/c1-23-18(22)13-3-2-4-14(9-13)21-11-19-15-10-12(5-6-16(15)21)17-7-8-20-24-17/h2-11H,1H3. The molecule has 0 radical (unpaired) electrons. The van der Waals surface area contributed by atoms with Crippen LogP contribution < -0.4 is 0 Å². The minimum Gasteiger partial charge on any atom is -0.465 e. The van der Waals surface area contributed by atoms with Crippen LogP contribution in [0.3, 0.4) is 0 Å². The van der Waals surface area contributed by atoms with Gasteiger partial charge < -0.3 is 9.26 Å². The normalized spacial score (nSPS) is 10.9. The lowest BCUT2D eigenvalue weighted by Gasteiger charge is -2.06. The molecule has 0 aliphatic heterocycles. The molecule has 4 aromatic rings. The first-order chi connectivity index (χ1) is 11.8. The summed E-state index contributed by atoms with van der Waals surface area (Å²) < 4.78 is 11.9. The van der Waals surface area contributed by atoms with Crippen LogP contribution in [0, 0.1) is 0 Å². The van der Waals surface area contributed by atoms with Crippen LogP contribution >= 0.6 is 0 Å². The average molecular weight is 319 g/mol. The SMILES string of the molecule is COC(=O)c1cccc(-n2cnc3cc(-c4ccno4)ccc32)c1. The number of fused-ring (bicyclic) bond motifs is 1. The molecule has 24 heavy (non-hydrogen) atoms. The van der Waals surface area contributed by atoms with E-state index in [0.717, 1.165) is 22.3 Å². The van der Waals surface area contributed by atoms with E-state index in [-0.39, 0.29) is 5.97 Å². The summed E-state index contributed by atoms with van der Waals surface area (Å²) in [6.45, 7) is 0. The maximum absolute atomic E-state index is 11.7. The number of carbonyl (C=O) groups is 1. The van der Waals surface area contributed by atoms with E-state index in [0.29, 0.717) is 11.3 Å². The summed E-state index contributed by atoms with van der Waals surface area (Å²) in [6, 6.07) is 14.9. The Balaban J connectivity index is 1.79. The highest BCUT2D eigenvalue weighted by atomic mass is 16.5. The van der Waals surface area contributed by atoms with Crippen molar-refractivity contribution in [2.45, 2.75) is 0 Å². The molecule has 0 atom stereocenters. The molecule has 2 aromatic heterocycles. The van der Waals surface area contributed by atoms with E-state index in [4.69, 9.17) is 9.26 Å². The van der Waals surface area contributed by atoms with Gasteiger partial charge >= 0.3 is 5.97 Å². The van der Waals surface area contributed by atoms with Gasteiger partial charge in [-0.3, -0.25) is 4.57 Å². The predicted octanol–water partition coefficient (Wildman–Crippen LogP) is 3.47. The van der Waals surface area contributed by atoms with Gasteiger partial charge in [0.2, 0.25) is 0 Å². The Labute approximate surface area is 137 Å². The van der Waals surface area contributed by atoms with E-state index in [2.05, 4.69) is 10.1 Å². The number of rotatable bonds is 3. The Morgan fingerprint density at radius 1 is 1.17 bits per heavy atom. The van der Waals surface area contributed by atoms with Crippen molar-refractivity contribution >= 4 is 17.0 Å². The van der Waals surface area contributed by atoms with E-state index in [1.54, 1.807) is 30.7 Å². The van der Waals surface area contributed by atoms with Crippen LogP contribution in [-0.2, 0) is 4.74 Å². The molecule has 0 fully saturated rings. The summed E-state index contributed by atoms with van der Waals surface area (Å²) in [4.78, 5) is 16.2. The Morgan fingerprint density at radius 2 is 2.08 bits per heavy atom. The number of ether oxygens (including phenoxy) is 1. The highest BCUT2D eigenvalue weighted by Gasteiger charge is 2.11. The summed E-state index contributed by atoms with van der Waals surface area (Å²) in [5.41, 5.74) is 4.00. The third-order valence-electron chi connectivity index (χ3n) is 3.82. The van der Waals surface area contributed by atoms with Gasteiger partial charge in [-0.1, -0.05) is 11.2 Å². The number of hydrogen-bond acceptors (Lipinski definition) is 5. The second kappa shape index (κ2) is 5.66. The van der Waals surface area contributed by atoms with E-state index in [9.17, 15) is 4.79 Å². The number of hydrogen-bond donors (Lipinski definition) is 0. The van der Waals surface area contributed by atoms with Gasteiger partial charge in [-0.2, -0.15) is 0 Å². The Bertz CT molecular complexity index is 1020. The largest absolute Gasteiger partial charge is 0.465 e.